The third-order valence-corrected chi connectivity index (χ3v) is 3.28. The smallest absolute Gasteiger partial charge is 0.337 e. The van der Waals surface area contributed by atoms with E-state index in [1.165, 1.54) is 4.90 Å². The van der Waals surface area contributed by atoms with Crippen molar-refractivity contribution in [2.45, 2.75) is 0 Å². The van der Waals surface area contributed by atoms with Gasteiger partial charge in [-0.05, 0) is 0 Å². The van der Waals surface area contributed by atoms with Crippen LogP contribution in [0.5, 0.6) is 0 Å². The van der Waals surface area contributed by atoms with Crippen LogP contribution in [-0.4, -0.2) is 77.7 Å². The van der Waals surface area contributed by atoms with Crippen molar-refractivity contribution in [1.29, 1.82) is 0 Å². The van der Waals surface area contributed by atoms with Gasteiger partial charge in [-0.3, -0.25) is 9.69 Å². The molecule has 0 spiro atoms. The summed E-state index contributed by atoms with van der Waals surface area (Å²) in [4.78, 5) is 26.0. The summed E-state index contributed by atoms with van der Waals surface area (Å²) in [6, 6.07) is 0. The van der Waals surface area contributed by atoms with Gasteiger partial charge in [-0.25, -0.2) is 4.79 Å². The molecule has 0 saturated carbocycles. The minimum Gasteiger partial charge on any atom is -0.503 e. The lowest BCUT2D eigenvalue weighted by molar-refractivity contribution is -0.133. The second kappa shape index (κ2) is 5.36. The molecule has 1 fully saturated rings. The molecular weight excluding hydrogens is 238 g/mol. The highest BCUT2D eigenvalue weighted by Gasteiger charge is 2.33. The molecule has 0 aromatic rings. The topological polar surface area (TPSA) is 93.1 Å². The Kier molecular flexibility index (Phi) is 3.83. The first-order valence-electron chi connectivity index (χ1n) is 5.97. The molecule has 7 heteroatoms. The van der Waals surface area contributed by atoms with Gasteiger partial charge >= 0.3 is 5.97 Å². The summed E-state index contributed by atoms with van der Waals surface area (Å²) in [5, 5.41) is 21.5. The summed E-state index contributed by atoms with van der Waals surface area (Å²) < 4.78 is 0. The van der Waals surface area contributed by atoms with E-state index in [1.54, 1.807) is 0 Å². The van der Waals surface area contributed by atoms with Gasteiger partial charge in [0.1, 0.15) is 5.57 Å². The van der Waals surface area contributed by atoms with Crippen LogP contribution in [0.4, 0.5) is 0 Å². The Morgan fingerprint density at radius 3 is 2.50 bits per heavy atom. The number of aliphatic hydroxyl groups excluding tert-OH is 1. The van der Waals surface area contributed by atoms with Crippen LogP contribution in [0.3, 0.4) is 0 Å². The molecule has 2 aliphatic rings. The normalized spacial score (nSPS) is 21.8. The standard InChI is InChI=1S/C11H17N3O4/c15-9-8(11(17)18)7-14(10(9)16)6-5-13-3-1-12-2-4-13/h12,15H,1-7H2,(H,17,18). The van der Waals surface area contributed by atoms with E-state index in [0.29, 0.717) is 13.1 Å². The molecule has 0 atom stereocenters. The number of hydrogen-bond acceptors (Lipinski definition) is 5. The van der Waals surface area contributed by atoms with Crippen molar-refractivity contribution in [2.75, 3.05) is 45.8 Å². The van der Waals surface area contributed by atoms with Crippen LogP contribution in [0.2, 0.25) is 0 Å². The van der Waals surface area contributed by atoms with Crippen LogP contribution in [0, 0.1) is 0 Å². The fraction of sp³-hybridized carbons (Fsp3) is 0.636. The van der Waals surface area contributed by atoms with Crippen molar-refractivity contribution in [1.82, 2.24) is 15.1 Å². The molecule has 0 aliphatic carbocycles. The van der Waals surface area contributed by atoms with Crippen LogP contribution in [-0.2, 0) is 9.59 Å². The second-order valence-corrected chi connectivity index (χ2v) is 4.45. The van der Waals surface area contributed by atoms with Crippen LogP contribution >= 0.6 is 0 Å². The monoisotopic (exact) mass is 255 g/mol. The molecule has 7 nitrogen and oxygen atoms in total. The van der Waals surface area contributed by atoms with Crippen LogP contribution in [0.1, 0.15) is 0 Å². The molecular formula is C11H17N3O4. The van der Waals surface area contributed by atoms with Crippen LogP contribution in [0.15, 0.2) is 11.3 Å². The SMILES string of the molecule is O=C(O)C1=C(O)C(=O)N(CCN2CCNCC2)C1. The van der Waals surface area contributed by atoms with Gasteiger partial charge in [-0.2, -0.15) is 0 Å². The van der Waals surface area contributed by atoms with Gasteiger partial charge < -0.3 is 20.4 Å². The first kappa shape index (κ1) is 12.8. The highest BCUT2D eigenvalue weighted by atomic mass is 16.4. The number of nitrogens with one attached hydrogen (secondary N) is 1. The number of aliphatic carboxylic acids is 1. The molecule has 2 aliphatic heterocycles. The van der Waals surface area contributed by atoms with Gasteiger partial charge in [-0.1, -0.05) is 0 Å². The molecule has 0 bridgehead atoms. The number of carbonyl (C=O) groups excluding carboxylic acids is 1. The zero-order chi connectivity index (χ0) is 13.1. The number of amides is 1. The fourth-order valence-electron chi connectivity index (χ4n) is 2.16. The molecule has 0 radical (unpaired) electrons. The van der Waals surface area contributed by atoms with Crippen LogP contribution in [0.25, 0.3) is 0 Å². The number of rotatable bonds is 4. The maximum absolute atomic E-state index is 11.6. The largest absolute Gasteiger partial charge is 0.503 e. The molecule has 18 heavy (non-hydrogen) atoms. The highest BCUT2D eigenvalue weighted by molar-refractivity contribution is 6.04. The van der Waals surface area contributed by atoms with E-state index >= 15 is 0 Å². The molecule has 2 rings (SSSR count). The van der Waals surface area contributed by atoms with E-state index in [-0.39, 0.29) is 12.1 Å². The molecule has 3 N–H and O–H groups in total. The van der Waals surface area contributed by atoms with Crippen molar-refractivity contribution in [3.63, 3.8) is 0 Å². The summed E-state index contributed by atoms with van der Waals surface area (Å²) >= 11 is 0. The van der Waals surface area contributed by atoms with E-state index in [1.807, 2.05) is 0 Å². The Hall–Kier alpha value is -1.60. The van der Waals surface area contributed by atoms with E-state index < -0.39 is 17.6 Å². The molecule has 1 amide bonds. The Morgan fingerprint density at radius 1 is 1.28 bits per heavy atom. The molecule has 0 aromatic heterocycles. The van der Waals surface area contributed by atoms with Gasteiger partial charge in [0.25, 0.3) is 5.91 Å². The van der Waals surface area contributed by atoms with Crippen LogP contribution < -0.4 is 5.32 Å². The average molecular weight is 255 g/mol. The zero-order valence-electron chi connectivity index (χ0n) is 10.1. The molecule has 0 unspecified atom stereocenters. The lowest BCUT2D eigenvalue weighted by Gasteiger charge is -2.28. The maximum atomic E-state index is 11.6. The number of hydrogen-bond donors (Lipinski definition) is 3. The summed E-state index contributed by atoms with van der Waals surface area (Å²) in [6.45, 7) is 4.84. The first-order chi connectivity index (χ1) is 8.59. The molecule has 1 saturated heterocycles. The number of carbonyl (C=O) groups is 2. The summed E-state index contributed by atoms with van der Waals surface area (Å²) in [7, 11) is 0. The lowest BCUT2D eigenvalue weighted by atomic mass is 10.3. The number of piperazine rings is 1. The average Bonchev–Trinajstić information content (AvgIpc) is 2.65. The Morgan fingerprint density at radius 2 is 1.94 bits per heavy atom. The zero-order valence-corrected chi connectivity index (χ0v) is 10.1. The van der Waals surface area contributed by atoms with E-state index in [4.69, 9.17) is 5.11 Å². The minimum absolute atomic E-state index is 0.00785. The van der Waals surface area contributed by atoms with Crippen molar-refractivity contribution >= 4 is 11.9 Å². The third kappa shape index (κ3) is 2.62. The third-order valence-electron chi connectivity index (χ3n) is 3.28. The van der Waals surface area contributed by atoms with Gasteiger partial charge in [0.15, 0.2) is 5.76 Å². The molecule has 2 heterocycles. The van der Waals surface area contributed by atoms with Crippen molar-refractivity contribution in [2.24, 2.45) is 0 Å². The Bertz CT molecular complexity index is 388. The minimum atomic E-state index is -1.23. The number of carboxylic acids is 1. The summed E-state index contributed by atoms with van der Waals surface area (Å²) in [6.07, 6.45) is 0. The highest BCUT2D eigenvalue weighted by Crippen LogP contribution is 2.16. The van der Waals surface area contributed by atoms with Crippen molar-refractivity contribution < 1.29 is 19.8 Å². The van der Waals surface area contributed by atoms with E-state index in [2.05, 4.69) is 10.2 Å². The maximum Gasteiger partial charge on any atom is 0.337 e. The number of aliphatic hydroxyl groups is 1. The molecule has 100 valence electrons. The lowest BCUT2D eigenvalue weighted by Crippen LogP contribution is -2.46. The fourth-order valence-corrected chi connectivity index (χ4v) is 2.16. The van der Waals surface area contributed by atoms with Crippen molar-refractivity contribution in [3.05, 3.63) is 11.3 Å². The van der Waals surface area contributed by atoms with Gasteiger partial charge in [0.2, 0.25) is 0 Å². The van der Waals surface area contributed by atoms with Gasteiger partial charge in [-0.15, -0.1) is 0 Å². The predicted octanol–water partition coefficient (Wildman–Crippen LogP) is -1.37. The summed E-state index contributed by atoms with van der Waals surface area (Å²) in [5.74, 6) is -2.43. The second-order valence-electron chi connectivity index (χ2n) is 4.45. The van der Waals surface area contributed by atoms with Crippen molar-refractivity contribution in [3.8, 4) is 0 Å². The van der Waals surface area contributed by atoms with Gasteiger partial charge in [0.05, 0.1) is 6.54 Å². The van der Waals surface area contributed by atoms with E-state index in [9.17, 15) is 14.7 Å². The number of carboxylic acid groups (broad SMARTS) is 1. The summed E-state index contributed by atoms with van der Waals surface area (Å²) in [5.41, 5.74) is -0.208. The molecule has 0 aromatic carbocycles. The first-order valence-corrected chi connectivity index (χ1v) is 5.97. The Labute approximate surface area is 105 Å². The van der Waals surface area contributed by atoms with Gasteiger partial charge in [0, 0.05) is 39.3 Å². The Balaban J connectivity index is 1.85. The van der Waals surface area contributed by atoms with E-state index in [0.717, 1.165) is 26.2 Å². The number of nitrogens with zero attached hydrogens (tertiary/aromatic N) is 2. The quantitative estimate of drug-likeness (QED) is 0.574. The predicted molar refractivity (Wildman–Crippen MR) is 63.2 cm³/mol.